The highest BCUT2D eigenvalue weighted by molar-refractivity contribution is 6.35. The average molecular weight is 295 g/mol. The van der Waals surface area contributed by atoms with Gasteiger partial charge in [0, 0.05) is 13.1 Å². The number of amides is 2. The second-order valence-electron chi connectivity index (χ2n) is 5.05. The third-order valence-electron chi connectivity index (χ3n) is 2.89. The van der Waals surface area contributed by atoms with E-state index >= 15 is 0 Å². The molecule has 1 aromatic carbocycles. The zero-order valence-electron chi connectivity index (χ0n) is 12.5. The minimum absolute atomic E-state index is 0.292. The number of rotatable bonds is 7. The molecule has 0 unspecified atom stereocenters. The summed E-state index contributed by atoms with van der Waals surface area (Å²) in [6, 6.07) is 6.05. The fraction of sp³-hybridized carbons (Fsp3) is 0.467. The highest BCUT2D eigenvalue weighted by Gasteiger charge is 2.11. The summed E-state index contributed by atoms with van der Waals surface area (Å²) < 4.78 is 12.7. The van der Waals surface area contributed by atoms with Crippen molar-refractivity contribution < 1.29 is 14.0 Å². The van der Waals surface area contributed by atoms with Crippen molar-refractivity contribution >= 4 is 11.8 Å². The van der Waals surface area contributed by atoms with Crippen molar-refractivity contribution in [2.45, 2.75) is 12.8 Å². The van der Waals surface area contributed by atoms with Gasteiger partial charge < -0.3 is 15.5 Å². The molecule has 5 nitrogen and oxygen atoms in total. The van der Waals surface area contributed by atoms with Crippen LogP contribution in [-0.4, -0.2) is 50.4 Å². The van der Waals surface area contributed by atoms with Crippen LogP contribution in [0.5, 0.6) is 0 Å². The van der Waals surface area contributed by atoms with Gasteiger partial charge >= 0.3 is 11.8 Å². The molecule has 0 bridgehead atoms. The molecule has 1 aromatic rings. The summed E-state index contributed by atoms with van der Waals surface area (Å²) in [4.78, 5) is 25.0. The van der Waals surface area contributed by atoms with Crippen LogP contribution < -0.4 is 10.6 Å². The van der Waals surface area contributed by atoms with Gasteiger partial charge in [-0.05, 0) is 51.2 Å². The Morgan fingerprint density at radius 3 is 2.19 bits per heavy atom. The largest absolute Gasteiger partial charge is 0.348 e. The first-order chi connectivity index (χ1) is 9.99. The number of carbonyl (C=O) groups excluding carboxylic acids is 2. The van der Waals surface area contributed by atoms with E-state index < -0.39 is 11.8 Å². The van der Waals surface area contributed by atoms with E-state index in [0.717, 1.165) is 18.5 Å². The minimum atomic E-state index is -0.637. The lowest BCUT2D eigenvalue weighted by Crippen LogP contribution is -2.41. The first kappa shape index (κ1) is 17.1. The fourth-order valence-corrected chi connectivity index (χ4v) is 1.73. The number of nitrogens with one attached hydrogen (secondary N) is 2. The summed E-state index contributed by atoms with van der Waals surface area (Å²) in [5.74, 6) is -1.55. The highest BCUT2D eigenvalue weighted by Crippen LogP contribution is 2.02. The molecule has 2 amide bonds. The SMILES string of the molecule is CN(C)CCCNC(=O)C(=O)NCCc1ccc(F)cc1. The van der Waals surface area contributed by atoms with Gasteiger partial charge in [0.05, 0.1) is 0 Å². The van der Waals surface area contributed by atoms with Gasteiger partial charge in [0.25, 0.3) is 0 Å². The zero-order chi connectivity index (χ0) is 15.7. The maximum atomic E-state index is 12.7. The molecule has 0 aliphatic heterocycles. The van der Waals surface area contributed by atoms with Gasteiger partial charge in [-0.25, -0.2) is 4.39 Å². The van der Waals surface area contributed by atoms with Crippen molar-refractivity contribution in [3.05, 3.63) is 35.6 Å². The molecule has 0 saturated heterocycles. The summed E-state index contributed by atoms with van der Waals surface area (Å²) in [7, 11) is 3.90. The molecule has 0 aliphatic rings. The normalized spacial score (nSPS) is 10.5. The van der Waals surface area contributed by atoms with Gasteiger partial charge in [-0.2, -0.15) is 0 Å². The Kier molecular flexibility index (Phi) is 7.39. The maximum Gasteiger partial charge on any atom is 0.309 e. The predicted octanol–water partition coefficient (Wildman–Crippen LogP) is 0.552. The van der Waals surface area contributed by atoms with Crippen LogP contribution in [0.15, 0.2) is 24.3 Å². The van der Waals surface area contributed by atoms with Gasteiger partial charge in [-0.3, -0.25) is 9.59 Å². The molecule has 0 saturated carbocycles. The van der Waals surface area contributed by atoms with E-state index in [-0.39, 0.29) is 5.82 Å². The number of hydrogen-bond donors (Lipinski definition) is 2. The van der Waals surface area contributed by atoms with Gasteiger partial charge in [0.2, 0.25) is 0 Å². The Labute approximate surface area is 124 Å². The summed E-state index contributed by atoms with van der Waals surface area (Å²) in [6.45, 7) is 1.67. The molecule has 116 valence electrons. The monoisotopic (exact) mass is 295 g/mol. The molecular formula is C15H22FN3O2. The Morgan fingerprint density at radius 2 is 1.62 bits per heavy atom. The van der Waals surface area contributed by atoms with Crippen LogP contribution in [0.2, 0.25) is 0 Å². The molecule has 0 spiro atoms. The van der Waals surface area contributed by atoms with Gasteiger partial charge in [0.15, 0.2) is 0 Å². The van der Waals surface area contributed by atoms with Gasteiger partial charge in [-0.1, -0.05) is 12.1 Å². The van der Waals surface area contributed by atoms with E-state index in [4.69, 9.17) is 0 Å². The smallest absolute Gasteiger partial charge is 0.309 e. The standard InChI is InChI=1S/C15H22FN3O2/c1-19(2)11-3-9-17-14(20)15(21)18-10-8-12-4-6-13(16)7-5-12/h4-7H,3,8-11H2,1-2H3,(H,17,20)(H,18,21). The van der Waals surface area contributed by atoms with Crippen molar-refractivity contribution in [1.29, 1.82) is 0 Å². The number of nitrogens with zero attached hydrogens (tertiary/aromatic N) is 1. The average Bonchev–Trinajstić information content (AvgIpc) is 2.45. The van der Waals surface area contributed by atoms with E-state index in [9.17, 15) is 14.0 Å². The molecule has 0 aliphatic carbocycles. The molecule has 6 heteroatoms. The van der Waals surface area contributed by atoms with Crippen molar-refractivity contribution in [3.8, 4) is 0 Å². The lowest BCUT2D eigenvalue weighted by Gasteiger charge is -2.10. The molecule has 0 radical (unpaired) electrons. The molecule has 0 heterocycles. The van der Waals surface area contributed by atoms with Gasteiger partial charge in [-0.15, -0.1) is 0 Å². The number of carbonyl (C=O) groups is 2. The van der Waals surface area contributed by atoms with E-state index in [2.05, 4.69) is 10.6 Å². The summed E-state index contributed by atoms with van der Waals surface area (Å²) in [5.41, 5.74) is 0.906. The van der Waals surface area contributed by atoms with Crippen LogP contribution in [0.25, 0.3) is 0 Å². The second kappa shape index (κ2) is 9.07. The lowest BCUT2D eigenvalue weighted by atomic mass is 10.1. The van der Waals surface area contributed by atoms with Crippen molar-refractivity contribution in [1.82, 2.24) is 15.5 Å². The van der Waals surface area contributed by atoms with E-state index in [1.54, 1.807) is 12.1 Å². The van der Waals surface area contributed by atoms with E-state index in [1.165, 1.54) is 12.1 Å². The van der Waals surface area contributed by atoms with Crippen LogP contribution in [0.4, 0.5) is 4.39 Å². The van der Waals surface area contributed by atoms with E-state index in [1.807, 2.05) is 19.0 Å². The number of benzene rings is 1. The zero-order valence-corrected chi connectivity index (χ0v) is 12.5. The molecule has 1 rings (SSSR count). The summed E-state index contributed by atoms with van der Waals surface area (Å²) >= 11 is 0. The highest BCUT2D eigenvalue weighted by atomic mass is 19.1. The first-order valence-electron chi connectivity index (χ1n) is 6.94. The van der Waals surface area contributed by atoms with Crippen LogP contribution in [0.3, 0.4) is 0 Å². The minimum Gasteiger partial charge on any atom is -0.348 e. The summed E-state index contributed by atoms with van der Waals surface area (Å²) in [5, 5.41) is 5.11. The molecule has 21 heavy (non-hydrogen) atoms. The van der Waals surface area contributed by atoms with Crippen LogP contribution in [0.1, 0.15) is 12.0 Å². The predicted molar refractivity (Wildman–Crippen MR) is 79.3 cm³/mol. The Bertz CT molecular complexity index is 460. The van der Waals surface area contributed by atoms with Crippen LogP contribution in [-0.2, 0) is 16.0 Å². The maximum absolute atomic E-state index is 12.7. The topological polar surface area (TPSA) is 61.4 Å². The van der Waals surface area contributed by atoms with E-state index in [0.29, 0.717) is 19.5 Å². The number of hydrogen-bond acceptors (Lipinski definition) is 3. The third kappa shape index (κ3) is 7.41. The van der Waals surface area contributed by atoms with Crippen molar-refractivity contribution in [2.75, 3.05) is 33.7 Å². The molecule has 0 aromatic heterocycles. The molecule has 0 fully saturated rings. The Morgan fingerprint density at radius 1 is 1.05 bits per heavy atom. The number of halogens is 1. The quantitative estimate of drug-likeness (QED) is 0.570. The Hall–Kier alpha value is -1.95. The molecular weight excluding hydrogens is 273 g/mol. The van der Waals surface area contributed by atoms with Crippen molar-refractivity contribution in [3.63, 3.8) is 0 Å². The molecule has 2 N–H and O–H groups in total. The first-order valence-corrected chi connectivity index (χ1v) is 6.94. The second-order valence-corrected chi connectivity index (χ2v) is 5.05. The lowest BCUT2D eigenvalue weighted by molar-refractivity contribution is -0.139. The Balaban J connectivity index is 2.17. The fourth-order valence-electron chi connectivity index (χ4n) is 1.73. The van der Waals surface area contributed by atoms with Crippen molar-refractivity contribution in [2.24, 2.45) is 0 Å². The van der Waals surface area contributed by atoms with Crippen LogP contribution >= 0.6 is 0 Å². The molecule has 0 atom stereocenters. The van der Waals surface area contributed by atoms with Gasteiger partial charge in [0.1, 0.15) is 5.82 Å². The summed E-state index contributed by atoms with van der Waals surface area (Å²) in [6.07, 6.45) is 1.35. The van der Waals surface area contributed by atoms with Crippen LogP contribution in [0, 0.1) is 5.82 Å². The third-order valence-corrected chi connectivity index (χ3v) is 2.89.